The van der Waals surface area contributed by atoms with Gasteiger partial charge >= 0.3 is 0 Å². The molecule has 6 heteroatoms. The maximum Gasteiger partial charge on any atom is 0.273 e. The highest BCUT2D eigenvalue weighted by Gasteiger charge is 2.17. The van der Waals surface area contributed by atoms with E-state index >= 15 is 0 Å². The molecule has 0 saturated carbocycles. The Hall–Kier alpha value is -2.37. The average Bonchev–Trinajstić information content (AvgIpc) is 2.51. The molecule has 1 aromatic carbocycles. The Kier molecular flexibility index (Phi) is 2.12. The van der Waals surface area contributed by atoms with Crippen LogP contribution in [-0.2, 0) is 0 Å². The summed E-state index contributed by atoms with van der Waals surface area (Å²) < 4.78 is 5.25. The molecule has 0 aliphatic heterocycles. The summed E-state index contributed by atoms with van der Waals surface area (Å²) in [6.45, 7) is 1.59. The first-order valence-corrected chi connectivity index (χ1v) is 4.48. The fourth-order valence-electron chi connectivity index (χ4n) is 1.63. The Morgan fingerprint density at radius 1 is 1.50 bits per heavy atom. The largest absolute Gasteiger partial charge is 0.460 e. The molecule has 1 heterocycles. The van der Waals surface area contributed by atoms with Crippen molar-refractivity contribution in [3.05, 3.63) is 39.6 Å². The molecule has 0 saturated heterocycles. The Morgan fingerprint density at radius 2 is 2.19 bits per heavy atom. The summed E-state index contributed by atoms with van der Waals surface area (Å²) in [6, 6.07) is 4.04. The van der Waals surface area contributed by atoms with E-state index in [0.717, 1.165) is 0 Å². The van der Waals surface area contributed by atoms with Crippen LogP contribution < -0.4 is 5.73 Å². The van der Waals surface area contributed by atoms with Crippen LogP contribution in [0, 0.1) is 17.0 Å². The fourth-order valence-corrected chi connectivity index (χ4v) is 1.63. The number of aryl methyl sites for hydroxylation is 1. The number of carbonyl (C=O) groups excluding carboxylic acids is 1. The second kappa shape index (κ2) is 3.34. The SMILES string of the molecule is Cc1oc2cc([N+](=O)[O-])ccc2c1C(N)=O. The number of carbonyl (C=O) groups is 1. The number of fused-ring (bicyclic) bond motifs is 1. The number of primary amides is 1. The average molecular weight is 220 g/mol. The van der Waals surface area contributed by atoms with E-state index in [0.29, 0.717) is 16.7 Å². The maximum atomic E-state index is 11.1. The molecule has 0 aliphatic rings. The zero-order valence-electron chi connectivity index (χ0n) is 8.39. The van der Waals surface area contributed by atoms with Crippen molar-refractivity contribution < 1.29 is 14.1 Å². The van der Waals surface area contributed by atoms with Crippen LogP contribution in [0.15, 0.2) is 22.6 Å². The number of nitrogens with two attached hydrogens (primary N) is 1. The first-order chi connectivity index (χ1) is 7.50. The Bertz CT molecular complexity index is 600. The van der Waals surface area contributed by atoms with Gasteiger partial charge in [-0.15, -0.1) is 0 Å². The van der Waals surface area contributed by atoms with Gasteiger partial charge in [0.15, 0.2) is 0 Å². The van der Waals surface area contributed by atoms with E-state index < -0.39 is 10.8 Å². The molecular weight excluding hydrogens is 212 g/mol. The van der Waals surface area contributed by atoms with Crippen molar-refractivity contribution in [3.63, 3.8) is 0 Å². The highest BCUT2D eigenvalue weighted by molar-refractivity contribution is 6.06. The van der Waals surface area contributed by atoms with Crippen molar-refractivity contribution in [1.82, 2.24) is 0 Å². The van der Waals surface area contributed by atoms with Crippen molar-refractivity contribution in [2.45, 2.75) is 6.92 Å². The Balaban J connectivity index is 2.75. The van der Waals surface area contributed by atoms with Crippen LogP contribution in [0.25, 0.3) is 11.0 Å². The van der Waals surface area contributed by atoms with Gasteiger partial charge in [-0.05, 0) is 13.0 Å². The second-order valence-corrected chi connectivity index (χ2v) is 3.34. The van der Waals surface area contributed by atoms with E-state index in [-0.39, 0.29) is 11.3 Å². The van der Waals surface area contributed by atoms with E-state index in [4.69, 9.17) is 10.2 Å². The van der Waals surface area contributed by atoms with Crippen LogP contribution in [0.4, 0.5) is 5.69 Å². The summed E-state index contributed by atoms with van der Waals surface area (Å²) in [5.41, 5.74) is 5.66. The number of nitro benzene ring substituents is 1. The molecular formula is C10H8N2O4. The molecule has 0 bridgehead atoms. The molecule has 0 unspecified atom stereocenters. The smallest absolute Gasteiger partial charge is 0.273 e. The van der Waals surface area contributed by atoms with Crippen LogP contribution >= 0.6 is 0 Å². The van der Waals surface area contributed by atoms with Crippen molar-refractivity contribution in [1.29, 1.82) is 0 Å². The van der Waals surface area contributed by atoms with Gasteiger partial charge in [0.1, 0.15) is 11.3 Å². The molecule has 0 spiro atoms. The van der Waals surface area contributed by atoms with E-state index in [2.05, 4.69) is 0 Å². The predicted molar refractivity (Wildman–Crippen MR) is 56.1 cm³/mol. The van der Waals surface area contributed by atoms with E-state index in [1.54, 1.807) is 6.92 Å². The lowest BCUT2D eigenvalue weighted by atomic mass is 10.1. The van der Waals surface area contributed by atoms with Crippen molar-refractivity contribution in [2.75, 3.05) is 0 Å². The molecule has 82 valence electrons. The molecule has 16 heavy (non-hydrogen) atoms. The molecule has 1 aromatic heterocycles. The van der Waals surface area contributed by atoms with E-state index in [9.17, 15) is 14.9 Å². The summed E-state index contributed by atoms with van der Waals surface area (Å²) in [6.07, 6.45) is 0. The minimum Gasteiger partial charge on any atom is -0.460 e. The van der Waals surface area contributed by atoms with Crippen LogP contribution in [0.2, 0.25) is 0 Å². The van der Waals surface area contributed by atoms with Gasteiger partial charge in [-0.2, -0.15) is 0 Å². The van der Waals surface area contributed by atoms with Gasteiger partial charge < -0.3 is 10.2 Å². The quantitative estimate of drug-likeness (QED) is 0.615. The zero-order valence-corrected chi connectivity index (χ0v) is 8.39. The maximum absolute atomic E-state index is 11.1. The van der Waals surface area contributed by atoms with Gasteiger partial charge in [-0.3, -0.25) is 14.9 Å². The molecule has 0 atom stereocenters. The third kappa shape index (κ3) is 1.40. The molecule has 2 aromatic rings. The third-order valence-corrected chi connectivity index (χ3v) is 2.31. The molecule has 6 nitrogen and oxygen atoms in total. The van der Waals surface area contributed by atoms with Gasteiger partial charge in [-0.1, -0.05) is 0 Å². The van der Waals surface area contributed by atoms with Crippen LogP contribution in [0.3, 0.4) is 0 Å². The van der Waals surface area contributed by atoms with Crippen LogP contribution in [0.1, 0.15) is 16.1 Å². The van der Waals surface area contributed by atoms with Crippen molar-refractivity contribution in [3.8, 4) is 0 Å². The summed E-state index contributed by atoms with van der Waals surface area (Å²) >= 11 is 0. The molecule has 2 N–H and O–H groups in total. The number of hydrogen-bond donors (Lipinski definition) is 1. The number of non-ortho nitro benzene ring substituents is 1. The minimum atomic E-state index is -0.606. The van der Waals surface area contributed by atoms with E-state index in [1.807, 2.05) is 0 Å². The van der Waals surface area contributed by atoms with Crippen LogP contribution in [0.5, 0.6) is 0 Å². The van der Waals surface area contributed by atoms with Crippen molar-refractivity contribution >= 4 is 22.6 Å². The number of benzene rings is 1. The number of amides is 1. The van der Waals surface area contributed by atoms with Gasteiger partial charge in [0.25, 0.3) is 11.6 Å². The first-order valence-electron chi connectivity index (χ1n) is 4.48. The number of hydrogen-bond acceptors (Lipinski definition) is 4. The lowest BCUT2D eigenvalue weighted by molar-refractivity contribution is -0.384. The normalized spacial score (nSPS) is 10.6. The molecule has 2 rings (SSSR count). The highest BCUT2D eigenvalue weighted by Crippen LogP contribution is 2.28. The highest BCUT2D eigenvalue weighted by atomic mass is 16.6. The summed E-state index contributed by atoms with van der Waals surface area (Å²) in [5, 5.41) is 11.0. The van der Waals surface area contributed by atoms with Crippen LogP contribution in [-0.4, -0.2) is 10.8 Å². The number of rotatable bonds is 2. The lowest BCUT2D eigenvalue weighted by Gasteiger charge is -1.92. The standard InChI is InChI=1S/C10H8N2O4/c1-5-9(10(11)13)7-3-2-6(12(14)15)4-8(7)16-5/h2-4H,1H3,(H2,11,13). The first kappa shape index (κ1) is 10.2. The summed E-state index contributed by atoms with van der Waals surface area (Å²) in [4.78, 5) is 21.2. The Labute approximate surface area is 89.8 Å². The summed E-state index contributed by atoms with van der Waals surface area (Å²) in [5.74, 6) is -0.242. The molecule has 0 radical (unpaired) electrons. The number of nitro groups is 1. The number of nitrogens with zero attached hydrogens (tertiary/aromatic N) is 1. The van der Waals surface area contributed by atoms with Gasteiger partial charge in [0.2, 0.25) is 0 Å². The predicted octanol–water partition coefficient (Wildman–Crippen LogP) is 1.75. The molecule has 0 aliphatic carbocycles. The zero-order chi connectivity index (χ0) is 11.9. The van der Waals surface area contributed by atoms with E-state index in [1.165, 1.54) is 18.2 Å². The second-order valence-electron chi connectivity index (χ2n) is 3.34. The van der Waals surface area contributed by atoms with Gasteiger partial charge in [0, 0.05) is 11.5 Å². The van der Waals surface area contributed by atoms with Gasteiger partial charge in [-0.25, -0.2) is 0 Å². The Morgan fingerprint density at radius 3 is 2.75 bits per heavy atom. The molecule has 1 amide bonds. The van der Waals surface area contributed by atoms with Gasteiger partial charge in [0.05, 0.1) is 16.6 Å². The minimum absolute atomic E-state index is 0.0859. The molecule has 0 fully saturated rings. The number of furan rings is 1. The lowest BCUT2D eigenvalue weighted by Crippen LogP contribution is -2.11. The monoisotopic (exact) mass is 220 g/mol. The topological polar surface area (TPSA) is 99.4 Å². The third-order valence-electron chi connectivity index (χ3n) is 2.31. The summed E-state index contributed by atoms with van der Waals surface area (Å²) in [7, 11) is 0. The van der Waals surface area contributed by atoms with Crippen molar-refractivity contribution in [2.24, 2.45) is 5.73 Å². The fraction of sp³-hybridized carbons (Fsp3) is 0.100.